The average Bonchev–Trinajstić information content (AvgIpc) is 2.55. The van der Waals surface area contributed by atoms with Crippen molar-refractivity contribution in [3.63, 3.8) is 0 Å². The summed E-state index contributed by atoms with van der Waals surface area (Å²) < 4.78 is 9.49. The lowest BCUT2D eigenvalue weighted by atomic mass is 10.0. The molecule has 0 aliphatic rings. The lowest BCUT2D eigenvalue weighted by Gasteiger charge is -2.08. The van der Waals surface area contributed by atoms with Crippen molar-refractivity contribution in [2.75, 3.05) is 13.7 Å². The van der Waals surface area contributed by atoms with Gasteiger partial charge in [-0.05, 0) is 43.9 Å². The van der Waals surface area contributed by atoms with Crippen LogP contribution in [0, 0.1) is 17.2 Å². The lowest BCUT2D eigenvalue weighted by Crippen LogP contribution is -2.16. The number of nitriles is 1. The monoisotopic (exact) mass is 303 g/mol. The summed E-state index contributed by atoms with van der Waals surface area (Å²) in [6.45, 7) is 2.02. The second kappa shape index (κ2) is 9.56. The number of hydrogen-bond acceptors (Lipinski definition) is 5. The van der Waals surface area contributed by atoms with E-state index in [9.17, 15) is 9.59 Å². The van der Waals surface area contributed by atoms with E-state index in [0.717, 1.165) is 24.8 Å². The number of methoxy groups -OCH3 is 1. The summed E-state index contributed by atoms with van der Waals surface area (Å²) in [6.07, 6.45) is 2.99. The van der Waals surface area contributed by atoms with Crippen LogP contribution in [0.2, 0.25) is 0 Å². The molecule has 0 aliphatic heterocycles. The number of aryl methyl sites for hydroxylation is 1. The molecule has 1 aromatic carbocycles. The van der Waals surface area contributed by atoms with Crippen LogP contribution in [0.25, 0.3) is 0 Å². The molecule has 0 saturated heterocycles. The molecule has 0 saturated carbocycles. The third-order valence-corrected chi connectivity index (χ3v) is 3.31. The Labute approximate surface area is 130 Å². The van der Waals surface area contributed by atoms with Crippen LogP contribution >= 0.6 is 0 Å². The smallest absolute Gasteiger partial charge is 0.337 e. The van der Waals surface area contributed by atoms with Gasteiger partial charge in [0.05, 0.1) is 25.3 Å². The zero-order chi connectivity index (χ0) is 16.4. The van der Waals surface area contributed by atoms with Gasteiger partial charge >= 0.3 is 11.9 Å². The maximum absolute atomic E-state index is 11.5. The first kappa shape index (κ1) is 17.7. The SMILES string of the molecule is CCOC(=O)C(C#N)CCCCc1ccc(C(=O)OC)cc1. The van der Waals surface area contributed by atoms with E-state index in [0.29, 0.717) is 18.6 Å². The molecule has 0 aromatic heterocycles. The van der Waals surface area contributed by atoms with Gasteiger partial charge < -0.3 is 9.47 Å². The quantitative estimate of drug-likeness (QED) is 0.545. The number of hydrogen-bond donors (Lipinski definition) is 0. The Morgan fingerprint density at radius 1 is 1.23 bits per heavy atom. The van der Waals surface area contributed by atoms with E-state index in [-0.39, 0.29) is 5.97 Å². The minimum Gasteiger partial charge on any atom is -0.465 e. The van der Waals surface area contributed by atoms with E-state index in [4.69, 9.17) is 10.00 Å². The summed E-state index contributed by atoms with van der Waals surface area (Å²) >= 11 is 0. The van der Waals surface area contributed by atoms with Gasteiger partial charge in [0, 0.05) is 0 Å². The predicted molar refractivity (Wildman–Crippen MR) is 81.1 cm³/mol. The minimum atomic E-state index is -0.679. The van der Waals surface area contributed by atoms with Gasteiger partial charge in [-0.1, -0.05) is 18.6 Å². The number of carbonyl (C=O) groups is 2. The normalized spacial score (nSPS) is 11.3. The molecule has 1 atom stereocenters. The molecule has 22 heavy (non-hydrogen) atoms. The maximum atomic E-state index is 11.5. The van der Waals surface area contributed by atoms with Crippen LogP contribution in [0.5, 0.6) is 0 Å². The molecule has 5 nitrogen and oxygen atoms in total. The Bertz CT molecular complexity index is 531. The number of benzene rings is 1. The van der Waals surface area contributed by atoms with E-state index in [1.54, 1.807) is 19.1 Å². The van der Waals surface area contributed by atoms with Crippen LogP contribution in [-0.4, -0.2) is 25.7 Å². The number of nitrogens with zero attached hydrogens (tertiary/aromatic N) is 1. The van der Waals surface area contributed by atoms with Gasteiger partial charge in [-0.3, -0.25) is 4.79 Å². The Morgan fingerprint density at radius 2 is 1.91 bits per heavy atom. The second-order valence-electron chi connectivity index (χ2n) is 4.87. The number of esters is 2. The number of rotatable bonds is 8. The van der Waals surface area contributed by atoms with Crippen molar-refractivity contribution in [1.29, 1.82) is 5.26 Å². The van der Waals surface area contributed by atoms with Crippen molar-refractivity contribution in [2.45, 2.75) is 32.6 Å². The van der Waals surface area contributed by atoms with Gasteiger partial charge in [0.15, 0.2) is 0 Å². The Hall–Kier alpha value is -2.35. The van der Waals surface area contributed by atoms with Crippen molar-refractivity contribution in [2.24, 2.45) is 5.92 Å². The summed E-state index contributed by atoms with van der Waals surface area (Å²) in [5.74, 6) is -1.47. The third-order valence-electron chi connectivity index (χ3n) is 3.31. The van der Waals surface area contributed by atoms with E-state index < -0.39 is 11.9 Å². The molecule has 0 radical (unpaired) electrons. The van der Waals surface area contributed by atoms with Crippen molar-refractivity contribution in [1.82, 2.24) is 0 Å². The molecule has 118 valence electrons. The van der Waals surface area contributed by atoms with Gasteiger partial charge in [-0.15, -0.1) is 0 Å². The number of carbonyl (C=O) groups excluding carboxylic acids is 2. The van der Waals surface area contributed by atoms with Gasteiger partial charge in [0.2, 0.25) is 0 Å². The Morgan fingerprint density at radius 3 is 2.45 bits per heavy atom. The number of ether oxygens (including phenoxy) is 2. The molecule has 1 rings (SSSR count). The first-order valence-corrected chi connectivity index (χ1v) is 7.35. The molecule has 0 amide bonds. The highest BCUT2D eigenvalue weighted by atomic mass is 16.5. The van der Waals surface area contributed by atoms with Crippen LogP contribution in [0.4, 0.5) is 0 Å². The van der Waals surface area contributed by atoms with Crippen LogP contribution in [0.1, 0.15) is 42.1 Å². The molecule has 0 spiro atoms. The van der Waals surface area contributed by atoms with Crippen LogP contribution in [0.15, 0.2) is 24.3 Å². The number of unbranched alkanes of at least 4 members (excludes halogenated alkanes) is 1. The first-order valence-electron chi connectivity index (χ1n) is 7.35. The Balaban J connectivity index is 2.36. The second-order valence-corrected chi connectivity index (χ2v) is 4.87. The fraction of sp³-hybridized carbons (Fsp3) is 0.471. The van der Waals surface area contributed by atoms with Gasteiger partial charge in [0.25, 0.3) is 0 Å². The highest BCUT2D eigenvalue weighted by Gasteiger charge is 2.18. The van der Waals surface area contributed by atoms with E-state index in [1.807, 2.05) is 18.2 Å². The molecular weight excluding hydrogens is 282 g/mol. The highest BCUT2D eigenvalue weighted by Crippen LogP contribution is 2.13. The molecule has 5 heteroatoms. The molecule has 1 aromatic rings. The molecular formula is C17H21NO4. The molecule has 0 fully saturated rings. The minimum absolute atomic E-state index is 0.295. The summed E-state index contributed by atoms with van der Waals surface area (Å²) in [5.41, 5.74) is 1.63. The summed E-state index contributed by atoms with van der Waals surface area (Å²) in [7, 11) is 1.35. The van der Waals surface area contributed by atoms with E-state index in [1.165, 1.54) is 7.11 Å². The average molecular weight is 303 g/mol. The summed E-state index contributed by atoms with van der Waals surface area (Å²) in [4.78, 5) is 22.8. The largest absolute Gasteiger partial charge is 0.465 e. The van der Waals surface area contributed by atoms with E-state index >= 15 is 0 Å². The van der Waals surface area contributed by atoms with Crippen LogP contribution in [0.3, 0.4) is 0 Å². The topological polar surface area (TPSA) is 76.4 Å². The fourth-order valence-electron chi connectivity index (χ4n) is 2.08. The third kappa shape index (κ3) is 5.57. The standard InChI is InChI=1S/C17H21NO4/c1-3-22-17(20)15(12-18)7-5-4-6-13-8-10-14(11-9-13)16(19)21-2/h8-11,15H,3-7H2,1-2H3. The highest BCUT2D eigenvalue weighted by molar-refractivity contribution is 5.89. The molecule has 0 N–H and O–H groups in total. The molecule has 1 unspecified atom stereocenters. The van der Waals surface area contributed by atoms with Gasteiger partial charge in [0.1, 0.15) is 5.92 Å². The van der Waals surface area contributed by atoms with Gasteiger partial charge in [-0.2, -0.15) is 5.26 Å². The van der Waals surface area contributed by atoms with Crippen molar-refractivity contribution < 1.29 is 19.1 Å². The van der Waals surface area contributed by atoms with Crippen molar-refractivity contribution in [3.8, 4) is 6.07 Å². The lowest BCUT2D eigenvalue weighted by molar-refractivity contribution is -0.146. The zero-order valence-electron chi connectivity index (χ0n) is 13.0. The Kier molecular flexibility index (Phi) is 7.69. The van der Waals surface area contributed by atoms with Crippen LogP contribution < -0.4 is 0 Å². The molecule has 0 bridgehead atoms. The fourth-order valence-corrected chi connectivity index (χ4v) is 2.08. The molecule has 0 heterocycles. The summed E-state index contributed by atoms with van der Waals surface area (Å²) in [6, 6.07) is 9.23. The molecule has 0 aliphatic carbocycles. The van der Waals surface area contributed by atoms with Crippen LogP contribution in [-0.2, 0) is 20.7 Å². The van der Waals surface area contributed by atoms with Crippen molar-refractivity contribution >= 4 is 11.9 Å². The van der Waals surface area contributed by atoms with Gasteiger partial charge in [-0.25, -0.2) is 4.79 Å². The zero-order valence-corrected chi connectivity index (χ0v) is 13.0. The maximum Gasteiger partial charge on any atom is 0.337 e. The first-order chi connectivity index (χ1) is 10.6. The predicted octanol–water partition coefficient (Wildman–Crippen LogP) is 2.89. The van der Waals surface area contributed by atoms with Crippen molar-refractivity contribution in [3.05, 3.63) is 35.4 Å². The summed E-state index contributed by atoms with van der Waals surface area (Å²) in [5, 5.41) is 8.95. The van der Waals surface area contributed by atoms with E-state index in [2.05, 4.69) is 4.74 Å².